The second-order valence-corrected chi connectivity index (χ2v) is 4.60. The van der Waals surface area contributed by atoms with Gasteiger partial charge in [-0.05, 0) is 37.6 Å². The molecule has 1 unspecified atom stereocenters. The molecule has 0 amide bonds. The highest BCUT2D eigenvalue weighted by atomic mass is 16.5. The Labute approximate surface area is 118 Å². The van der Waals surface area contributed by atoms with E-state index in [1.165, 1.54) is 10.7 Å². The fourth-order valence-electron chi connectivity index (χ4n) is 1.95. The summed E-state index contributed by atoms with van der Waals surface area (Å²) in [5.74, 6) is 0.814. The summed E-state index contributed by atoms with van der Waals surface area (Å²) in [6.45, 7) is 4.77. The van der Waals surface area contributed by atoms with Gasteiger partial charge < -0.3 is 10.5 Å². The second-order valence-electron chi connectivity index (χ2n) is 4.60. The molecule has 1 aromatic heterocycles. The number of benzene rings is 1. The predicted octanol–water partition coefficient (Wildman–Crippen LogP) is 1.65. The summed E-state index contributed by atoms with van der Waals surface area (Å²) in [6.07, 6.45) is 0. The molecule has 0 bridgehead atoms. The lowest BCUT2D eigenvalue weighted by Crippen LogP contribution is -2.28. The molecule has 1 atom stereocenters. The molecule has 20 heavy (non-hydrogen) atoms. The average Bonchev–Trinajstić information content (AvgIpc) is 2.44. The van der Waals surface area contributed by atoms with E-state index in [-0.39, 0.29) is 11.6 Å². The van der Waals surface area contributed by atoms with Crippen LogP contribution >= 0.6 is 0 Å². The van der Waals surface area contributed by atoms with Crippen molar-refractivity contribution in [1.82, 2.24) is 9.78 Å². The standard InChI is InChI=1S/C15H19N3O2/c1-3-20-13-7-5-12(6-8-13)14(16)10-18-15(19)9-4-11(2)17-18/h4-9,14H,3,10,16H2,1-2H3. The van der Waals surface area contributed by atoms with E-state index in [0.29, 0.717) is 13.2 Å². The van der Waals surface area contributed by atoms with E-state index >= 15 is 0 Å². The molecule has 0 saturated carbocycles. The molecule has 1 heterocycles. The number of nitrogens with two attached hydrogens (primary N) is 1. The SMILES string of the molecule is CCOc1ccc(C(N)Cn2nc(C)ccc2=O)cc1. The molecule has 0 radical (unpaired) electrons. The maximum atomic E-state index is 11.7. The Morgan fingerprint density at radius 3 is 2.60 bits per heavy atom. The van der Waals surface area contributed by atoms with Crippen molar-refractivity contribution in [3.8, 4) is 5.75 Å². The van der Waals surface area contributed by atoms with E-state index in [9.17, 15) is 4.79 Å². The quantitative estimate of drug-likeness (QED) is 0.899. The summed E-state index contributed by atoms with van der Waals surface area (Å²) >= 11 is 0. The Morgan fingerprint density at radius 1 is 1.25 bits per heavy atom. The minimum atomic E-state index is -0.280. The van der Waals surface area contributed by atoms with Gasteiger partial charge in [0, 0.05) is 12.1 Å². The van der Waals surface area contributed by atoms with Gasteiger partial charge in [0.15, 0.2) is 0 Å². The zero-order chi connectivity index (χ0) is 14.5. The van der Waals surface area contributed by atoms with Crippen LogP contribution in [0, 0.1) is 6.92 Å². The van der Waals surface area contributed by atoms with Gasteiger partial charge in [0.2, 0.25) is 0 Å². The Hall–Kier alpha value is -2.14. The fraction of sp³-hybridized carbons (Fsp3) is 0.333. The lowest BCUT2D eigenvalue weighted by molar-refractivity contribution is 0.340. The van der Waals surface area contributed by atoms with Crippen LogP contribution in [0.3, 0.4) is 0 Å². The largest absolute Gasteiger partial charge is 0.494 e. The van der Waals surface area contributed by atoms with Gasteiger partial charge in [-0.3, -0.25) is 4.79 Å². The first kappa shape index (κ1) is 14.3. The molecule has 0 aliphatic rings. The first-order chi connectivity index (χ1) is 9.60. The number of hydrogen-bond acceptors (Lipinski definition) is 4. The number of hydrogen-bond donors (Lipinski definition) is 1. The third kappa shape index (κ3) is 3.45. The Kier molecular flexibility index (Phi) is 4.53. The van der Waals surface area contributed by atoms with Crippen LogP contribution in [-0.2, 0) is 6.54 Å². The van der Waals surface area contributed by atoms with Crippen LogP contribution in [-0.4, -0.2) is 16.4 Å². The van der Waals surface area contributed by atoms with Crippen molar-refractivity contribution in [3.63, 3.8) is 0 Å². The summed E-state index contributed by atoms with van der Waals surface area (Å²) in [7, 11) is 0. The molecule has 0 spiro atoms. The van der Waals surface area contributed by atoms with Crippen LogP contribution in [0.5, 0.6) is 5.75 Å². The van der Waals surface area contributed by atoms with Crippen molar-refractivity contribution in [1.29, 1.82) is 0 Å². The summed E-state index contributed by atoms with van der Waals surface area (Å²) in [6, 6.07) is 10.5. The van der Waals surface area contributed by atoms with E-state index < -0.39 is 0 Å². The number of aryl methyl sites for hydroxylation is 1. The minimum absolute atomic E-state index is 0.142. The summed E-state index contributed by atoms with van der Waals surface area (Å²) < 4.78 is 6.78. The first-order valence-electron chi connectivity index (χ1n) is 6.63. The summed E-state index contributed by atoms with van der Waals surface area (Å²) in [5, 5.41) is 4.18. The molecule has 5 heteroatoms. The highest BCUT2D eigenvalue weighted by molar-refractivity contribution is 5.29. The molecule has 1 aromatic carbocycles. The van der Waals surface area contributed by atoms with Crippen molar-refractivity contribution in [2.75, 3.05) is 6.61 Å². The lowest BCUT2D eigenvalue weighted by atomic mass is 10.1. The van der Waals surface area contributed by atoms with Gasteiger partial charge in [-0.25, -0.2) is 4.68 Å². The maximum Gasteiger partial charge on any atom is 0.266 e. The normalized spacial score (nSPS) is 12.2. The van der Waals surface area contributed by atoms with Crippen molar-refractivity contribution < 1.29 is 4.74 Å². The van der Waals surface area contributed by atoms with Crippen LogP contribution in [0.4, 0.5) is 0 Å². The summed E-state index contributed by atoms with van der Waals surface area (Å²) in [4.78, 5) is 11.7. The smallest absolute Gasteiger partial charge is 0.266 e. The van der Waals surface area contributed by atoms with E-state index in [2.05, 4.69) is 5.10 Å². The molecule has 106 valence electrons. The Balaban J connectivity index is 2.13. The molecular weight excluding hydrogens is 254 g/mol. The number of rotatable bonds is 5. The van der Waals surface area contributed by atoms with Crippen LogP contribution in [0.15, 0.2) is 41.2 Å². The highest BCUT2D eigenvalue weighted by Crippen LogP contribution is 2.17. The molecule has 2 aromatic rings. The number of nitrogens with zero attached hydrogens (tertiary/aromatic N) is 2. The van der Waals surface area contributed by atoms with Gasteiger partial charge in [0.25, 0.3) is 5.56 Å². The third-order valence-electron chi connectivity index (χ3n) is 2.99. The molecular formula is C15H19N3O2. The van der Waals surface area contributed by atoms with Gasteiger partial charge in [-0.2, -0.15) is 5.10 Å². The zero-order valence-corrected chi connectivity index (χ0v) is 11.7. The van der Waals surface area contributed by atoms with Gasteiger partial charge in [-0.15, -0.1) is 0 Å². The molecule has 2 rings (SSSR count). The topological polar surface area (TPSA) is 70.1 Å². The van der Waals surface area contributed by atoms with E-state index in [1.807, 2.05) is 38.1 Å². The van der Waals surface area contributed by atoms with Gasteiger partial charge in [-0.1, -0.05) is 12.1 Å². The van der Waals surface area contributed by atoms with Gasteiger partial charge in [0.1, 0.15) is 5.75 Å². The van der Waals surface area contributed by atoms with Crippen LogP contribution in [0.25, 0.3) is 0 Å². The van der Waals surface area contributed by atoms with Crippen LogP contribution in [0.1, 0.15) is 24.2 Å². The minimum Gasteiger partial charge on any atom is -0.494 e. The monoisotopic (exact) mass is 273 g/mol. The lowest BCUT2D eigenvalue weighted by Gasteiger charge is -2.14. The maximum absolute atomic E-state index is 11.7. The molecule has 0 fully saturated rings. The molecule has 0 aliphatic heterocycles. The van der Waals surface area contributed by atoms with Gasteiger partial charge >= 0.3 is 0 Å². The number of ether oxygens (including phenoxy) is 1. The summed E-state index contributed by atoms with van der Waals surface area (Å²) in [5.41, 5.74) is 7.73. The Morgan fingerprint density at radius 2 is 1.95 bits per heavy atom. The zero-order valence-electron chi connectivity index (χ0n) is 11.7. The van der Waals surface area contributed by atoms with Crippen LogP contribution < -0.4 is 16.0 Å². The average molecular weight is 273 g/mol. The molecule has 5 nitrogen and oxygen atoms in total. The highest BCUT2D eigenvalue weighted by Gasteiger charge is 2.09. The first-order valence-corrected chi connectivity index (χ1v) is 6.63. The predicted molar refractivity (Wildman–Crippen MR) is 77.8 cm³/mol. The van der Waals surface area contributed by atoms with Gasteiger partial charge in [0.05, 0.1) is 18.8 Å². The number of aromatic nitrogens is 2. The van der Waals surface area contributed by atoms with Crippen molar-refractivity contribution >= 4 is 0 Å². The molecule has 0 saturated heterocycles. The molecule has 0 aliphatic carbocycles. The fourth-order valence-corrected chi connectivity index (χ4v) is 1.95. The third-order valence-corrected chi connectivity index (χ3v) is 2.99. The van der Waals surface area contributed by atoms with Crippen LogP contribution in [0.2, 0.25) is 0 Å². The second kappa shape index (κ2) is 6.34. The van der Waals surface area contributed by atoms with E-state index in [0.717, 1.165) is 17.0 Å². The van der Waals surface area contributed by atoms with Crippen molar-refractivity contribution in [2.24, 2.45) is 5.73 Å². The Bertz CT molecular complexity index is 620. The van der Waals surface area contributed by atoms with Crippen molar-refractivity contribution in [2.45, 2.75) is 26.4 Å². The van der Waals surface area contributed by atoms with E-state index in [4.69, 9.17) is 10.5 Å². The van der Waals surface area contributed by atoms with E-state index in [1.54, 1.807) is 6.07 Å². The molecule has 2 N–H and O–H groups in total. The van der Waals surface area contributed by atoms with Crippen molar-refractivity contribution in [3.05, 3.63) is 58.0 Å².